The second-order valence-electron chi connectivity index (χ2n) is 6.99. The number of anilines is 1. The molecule has 7 nitrogen and oxygen atoms in total. The minimum Gasteiger partial charge on any atom is -0.508 e. The van der Waals surface area contributed by atoms with Crippen molar-refractivity contribution in [2.24, 2.45) is 0 Å². The molecule has 0 fully saturated rings. The van der Waals surface area contributed by atoms with Gasteiger partial charge in [-0.25, -0.2) is 0 Å². The topological polar surface area (TPSA) is 101 Å². The summed E-state index contributed by atoms with van der Waals surface area (Å²) in [5.74, 6) is -0.451. The van der Waals surface area contributed by atoms with Crippen molar-refractivity contribution >= 4 is 23.1 Å². The highest BCUT2D eigenvalue weighted by Gasteiger charge is 2.39. The Morgan fingerprint density at radius 3 is 2.54 bits per heavy atom. The summed E-state index contributed by atoms with van der Waals surface area (Å²) in [6.45, 7) is 0. The highest BCUT2D eigenvalue weighted by molar-refractivity contribution is 6.07. The number of phenols is 1. The SMILES string of the molecule is O=C1CCCC2=C1C(c1ccc(O)cc1)CC(=O)N2c1cccc([N+](=O)[O-])c1. The summed E-state index contributed by atoms with van der Waals surface area (Å²) < 4.78 is 0. The smallest absolute Gasteiger partial charge is 0.271 e. The number of benzene rings is 2. The van der Waals surface area contributed by atoms with Crippen LogP contribution in [0.15, 0.2) is 59.8 Å². The van der Waals surface area contributed by atoms with Crippen LogP contribution in [-0.4, -0.2) is 21.7 Å². The van der Waals surface area contributed by atoms with Gasteiger partial charge in [-0.3, -0.25) is 24.6 Å². The fourth-order valence-electron chi connectivity index (χ4n) is 4.03. The maximum atomic E-state index is 13.0. The molecule has 7 heteroatoms. The number of Topliss-reactive ketones (excluding diaryl/α,β-unsaturated/α-hetero) is 1. The number of nitro benzene ring substituents is 1. The van der Waals surface area contributed by atoms with Gasteiger partial charge in [0, 0.05) is 42.2 Å². The normalized spacial score (nSPS) is 19.6. The van der Waals surface area contributed by atoms with Crippen LogP contribution >= 0.6 is 0 Å². The largest absolute Gasteiger partial charge is 0.508 e. The number of hydrogen-bond donors (Lipinski definition) is 1. The van der Waals surface area contributed by atoms with Crippen LogP contribution in [0.5, 0.6) is 5.75 Å². The zero-order chi connectivity index (χ0) is 19.8. The van der Waals surface area contributed by atoms with E-state index in [4.69, 9.17) is 0 Å². The molecule has 0 bridgehead atoms. The molecule has 0 aromatic heterocycles. The number of aromatic hydroxyl groups is 1. The Bertz CT molecular complexity index is 1010. The predicted octanol–water partition coefficient (Wildman–Crippen LogP) is 3.83. The second-order valence-corrected chi connectivity index (χ2v) is 6.99. The number of non-ortho nitro benzene ring substituents is 1. The molecule has 4 rings (SSSR count). The van der Waals surface area contributed by atoms with E-state index in [-0.39, 0.29) is 35.5 Å². The number of phenolic OH excluding ortho intramolecular Hbond substituents is 1. The summed E-state index contributed by atoms with van der Waals surface area (Å²) in [5.41, 5.74) is 2.34. The molecule has 142 valence electrons. The first-order chi connectivity index (χ1) is 13.5. The van der Waals surface area contributed by atoms with Gasteiger partial charge in [0.2, 0.25) is 5.91 Å². The zero-order valence-electron chi connectivity index (χ0n) is 15.0. The fraction of sp³-hybridized carbons (Fsp3) is 0.238. The van der Waals surface area contributed by atoms with Gasteiger partial charge in [0.15, 0.2) is 5.78 Å². The van der Waals surface area contributed by atoms with E-state index in [9.17, 15) is 24.8 Å². The van der Waals surface area contributed by atoms with Crippen molar-refractivity contribution in [1.82, 2.24) is 0 Å². The molecule has 28 heavy (non-hydrogen) atoms. The lowest BCUT2D eigenvalue weighted by molar-refractivity contribution is -0.384. The van der Waals surface area contributed by atoms with Gasteiger partial charge in [0.1, 0.15) is 5.75 Å². The molecule has 1 aliphatic carbocycles. The van der Waals surface area contributed by atoms with Crippen molar-refractivity contribution in [2.45, 2.75) is 31.6 Å². The van der Waals surface area contributed by atoms with Crippen LogP contribution < -0.4 is 4.90 Å². The first-order valence-electron chi connectivity index (χ1n) is 9.08. The van der Waals surface area contributed by atoms with Crippen molar-refractivity contribution in [2.75, 3.05) is 4.90 Å². The van der Waals surface area contributed by atoms with Gasteiger partial charge in [0.05, 0.1) is 10.6 Å². The summed E-state index contributed by atoms with van der Waals surface area (Å²) in [6.07, 6.45) is 1.71. The van der Waals surface area contributed by atoms with E-state index < -0.39 is 4.92 Å². The lowest BCUT2D eigenvalue weighted by Gasteiger charge is -2.38. The van der Waals surface area contributed by atoms with Gasteiger partial charge < -0.3 is 5.11 Å². The van der Waals surface area contributed by atoms with Gasteiger partial charge in [0.25, 0.3) is 5.69 Å². The molecule has 2 aliphatic rings. The van der Waals surface area contributed by atoms with Crippen molar-refractivity contribution in [1.29, 1.82) is 0 Å². The number of carbonyl (C=O) groups is 2. The average molecular weight is 378 g/mol. The number of hydrogen-bond acceptors (Lipinski definition) is 5. The van der Waals surface area contributed by atoms with Gasteiger partial charge in [-0.1, -0.05) is 18.2 Å². The Morgan fingerprint density at radius 2 is 1.82 bits per heavy atom. The lowest BCUT2D eigenvalue weighted by Crippen LogP contribution is -2.40. The summed E-state index contributed by atoms with van der Waals surface area (Å²) >= 11 is 0. The molecular weight excluding hydrogens is 360 g/mol. The van der Waals surface area contributed by atoms with Gasteiger partial charge >= 0.3 is 0 Å². The molecule has 0 radical (unpaired) electrons. The molecule has 1 unspecified atom stereocenters. The van der Waals surface area contributed by atoms with Crippen LogP contribution in [0.2, 0.25) is 0 Å². The fourth-order valence-corrected chi connectivity index (χ4v) is 4.03. The molecule has 1 atom stereocenters. The molecule has 0 spiro atoms. The molecule has 1 N–H and O–H groups in total. The second kappa shape index (κ2) is 6.92. The van der Waals surface area contributed by atoms with Crippen molar-refractivity contribution in [3.05, 3.63) is 75.5 Å². The van der Waals surface area contributed by atoms with Crippen LogP contribution in [0.3, 0.4) is 0 Å². The zero-order valence-corrected chi connectivity index (χ0v) is 15.0. The van der Waals surface area contributed by atoms with Gasteiger partial charge in [-0.2, -0.15) is 0 Å². The maximum absolute atomic E-state index is 13.0. The number of nitro groups is 1. The number of nitrogens with zero attached hydrogens (tertiary/aromatic N) is 2. The first kappa shape index (κ1) is 17.9. The van der Waals surface area contributed by atoms with Crippen LogP contribution in [0.1, 0.15) is 37.2 Å². The summed E-state index contributed by atoms with van der Waals surface area (Å²) in [7, 11) is 0. The van der Waals surface area contributed by atoms with E-state index in [0.717, 1.165) is 5.56 Å². The van der Waals surface area contributed by atoms with E-state index in [1.165, 1.54) is 23.1 Å². The molecule has 2 aromatic rings. The number of rotatable bonds is 3. The van der Waals surface area contributed by atoms with Crippen molar-refractivity contribution in [3.63, 3.8) is 0 Å². The predicted molar refractivity (Wildman–Crippen MR) is 102 cm³/mol. The Kier molecular flexibility index (Phi) is 4.43. The molecule has 1 heterocycles. The summed E-state index contributed by atoms with van der Waals surface area (Å²) in [5, 5.41) is 20.7. The van der Waals surface area contributed by atoms with E-state index >= 15 is 0 Å². The third-order valence-electron chi connectivity index (χ3n) is 5.27. The third kappa shape index (κ3) is 3.05. The third-order valence-corrected chi connectivity index (χ3v) is 5.27. The first-order valence-corrected chi connectivity index (χ1v) is 9.08. The quantitative estimate of drug-likeness (QED) is 0.646. The van der Waals surface area contributed by atoms with Crippen molar-refractivity contribution in [3.8, 4) is 5.75 Å². The Morgan fingerprint density at radius 1 is 1.07 bits per heavy atom. The lowest BCUT2D eigenvalue weighted by atomic mass is 9.77. The van der Waals surface area contributed by atoms with Crippen LogP contribution in [-0.2, 0) is 9.59 Å². The highest BCUT2D eigenvalue weighted by atomic mass is 16.6. The highest BCUT2D eigenvalue weighted by Crippen LogP contribution is 2.43. The molecule has 2 aromatic carbocycles. The molecule has 0 saturated heterocycles. The van der Waals surface area contributed by atoms with Crippen LogP contribution in [0.25, 0.3) is 0 Å². The monoisotopic (exact) mass is 378 g/mol. The summed E-state index contributed by atoms with van der Waals surface area (Å²) in [6, 6.07) is 12.5. The standard InChI is InChI=1S/C21H18N2O5/c24-16-9-7-13(8-10-16)17-12-20(26)22(18-5-2-6-19(25)21(17)18)14-3-1-4-15(11-14)23(27)28/h1,3-4,7-11,17,24H,2,5-6,12H2. The van der Waals surface area contributed by atoms with E-state index in [2.05, 4.69) is 0 Å². The number of carbonyl (C=O) groups excluding carboxylic acids is 2. The van der Waals surface area contributed by atoms with E-state index in [1.54, 1.807) is 30.3 Å². The molecule has 1 amide bonds. The van der Waals surface area contributed by atoms with E-state index in [0.29, 0.717) is 36.2 Å². The Labute approximate surface area is 161 Å². The number of ketones is 1. The average Bonchev–Trinajstić information content (AvgIpc) is 2.68. The van der Waals surface area contributed by atoms with Gasteiger partial charge in [-0.05, 0) is 36.6 Å². The maximum Gasteiger partial charge on any atom is 0.271 e. The minimum absolute atomic E-state index is 0.00209. The minimum atomic E-state index is -0.502. The van der Waals surface area contributed by atoms with Crippen molar-refractivity contribution < 1.29 is 19.6 Å². The Balaban J connectivity index is 1.84. The van der Waals surface area contributed by atoms with Crippen LogP contribution in [0, 0.1) is 10.1 Å². The molecule has 0 saturated carbocycles. The van der Waals surface area contributed by atoms with E-state index in [1.807, 2.05) is 0 Å². The molecule has 1 aliphatic heterocycles. The molecular formula is C21H18N2O5. The number of allylic oxidation sites excluding steroid dienone is 2. The number of amides is 1. The summed E-state index contributed by atoms with van der Waals surface area (Å²) in [4.78, 5) is 37.9. The van der Waals surface area contributed by atoms with Crippen LogP contribution in [0.4, 0.5) is 11.4 Å². The van der Waals surface area contributed by atoms with Gasteiger partial charge in [-0.15, -0.1) is 0 Å². The Hall–Kier alpha value is -3.48.